The molecule has 1 aliphatic rings. The van der Waals surface area contributed by atoms with Crippen LogP contribution in [-0.4, -0.2) is 47.7 Å². The number of esters is 1. The van der Waals surface area contributed by atoms with Crippen LogP contribution in [0, 0.1) is 0 Å². The van der Waals surface area contributed by atoms with Gasteiger partial charge in [-0.05, 0) is 33.3 Å². The summed E-state index contributed by atoms with van der Waals surface area (Å²) in [5.41, 5.74) is 0.210. The monoisotopic (exact) mass is 348 g/mol. The van der Waals surface area contributed by atoms with Gasteiger partial charge in [-0.1, -0.05) is 30.3 Å². The van der Waals surface area contributed by atoms with Crippen molar-refractivity contribution in [1.29, 1.82) is 0 Å². The number of alkyl carbamates (subject to hydrolysis) is 1. The topological polar surface area (TPSA) is 84.9 Å². The highest BCUT2D eigenvalue weighted by Crippen LogP contribution is 2.25. The summed E-state index contributed by atoms with van der Waals surface area (Å²) >= 11 is 0. The van der Waals surface area contributed by atoms with E-state index in [2.05, 4.69) is 5.32 Å². The molecule has 0 aliphatic carbocycles. The van der Waals surface area contributed by atoms with Gasteiger partial charge in [-0.25, -0.2) is 4.79 Å². The SMILES string of the molecule is C[C@H](NC(=O)OC(C)(C)C)C(=O)N1CC(=O)OC[C@@H]1c1ccccc1. The zero-order chi connectivity index (χ0) is 18.6. The third-order valence-corrected chi connectivity index (χ3v) is 3.65. The van der Waals surface area contributed by atoms with Gasteiger partial charge in [0.25, 0.3) is 0 Å². The van der Waals surface area contributed by atoms with Crippen LogP contribution < -0.4 is 5.32 Å². The van der Waals surface area contributed by atoms with Gasteiger partial charge in [0, 0.05) is 0 Å². The summed E-state index contributed by atoms with van der Waals surface area (Å²) in [5.74, 6) is -0.832. The van der Waals surface area contributed by atoms with Crippen molar-refractivity contribution in [2.75, 3.05) is 13.2 Å². The Morgan fingerprint density at radius 1 is 1.28 bits per heavy atom. The predicted octanol–water partition coefficient (Wildman–Crippen LogP) is 2.03. The number of hydrogen-bond acceptors (Lipinski definition) is 5. The third-order valence-electron chi connectivity index (χ3n) is 3.65. The summed E-state index contributed by atoms with van der Waals surface area (Å²) in [6.45, 7) is 6.72. The second-order valence-corrected chi connectivity index (χ2v) is 6.94. The Hall–Kier alpha value is -2.57. The normalized spacial score (nSPS) is 19.0. The van der Waals surface area contributed by atoms with E-state index in [1.165, 1.54) is 4.90 Å². The van der Waals surface area contributed by atoms with E-state index in [1.54, 1.807) is 27.7 Å². The average Bonchev–Trinajstić information content (AvgIpc) is 2.53. The maximum Gasteiger partial charge on any atom is 0.408 e. The maximum absolute atomic E-state index is 12.8. The Kier molecular flexibility index (Phi) is 5.66. The highest BCUT2D eigenvalue weighted by atomic mass is 16.6. The van der Waals surface area contributed by atoms with E-state index in [9.17, 15) is 14.4 Å². The van der Waals surface area contributed by atoms with Crippen LogP contribution in [0.3, 0.4) is 0 Å². The molecule has 1 aromatic rings. The number of ether oxygens (including phenoxy) is 2. The van der Waals surface area contributed by atoms with Crippen LogP contribution in [0.4, 0.5) is 4.79 Å². The summed E-state index contributed by atoms with van der Waals surface area (Å²) in [4.78, 5) is 37.7. The minimum atomic E-state index is -0.827. The second-order valence-electron chi connectivity index (χ2n) is 6.94. The van der Waals surface area contributed by atoms with Crippen LogP contribution in [0.5, 0.6) is 0 Å². The molecular weight excluding hydrogens is 324 g/mol. The van der Waals surface area contributed by atoms with Crippen molar-refractivity contribution < 1.29 is 23.9 Å². The van der Waals surface area contributed by atoms with Crippen LogP contribution in [0.25, 0.3) is 0 Å². The van der Waals surface area contributed by atoms with Crippen molar-refractivity contribution in [3.63, 3.8) is 0 Å². The quantitative estimate of drug-likeness (QED) is 0.845. The third kappa shape index (κ3) is 5.20. The first kappa shape index (κ1) is 18.8. The van der Waals surface area contributed by atoms with E-state index in [4.69, 9.17) is 9.47 Å². The van der Waals surface area contributed by atoms with E-state index in [0.29, 0.717) is 0 Å². The van der Waals surface area contributed by atoms with Gasteiger partial charge in [-0.3, -0.25) is 9.59 Å². The van der Waals surface area contributed by atoms with Crippen LogP contribution in [0.15, 0.2) is 30.3 Å². The number of amides is 2. The van der Waals surface area contributed by atoms with E-state index < -0.39 is 23.7 Å². The Balaban J connectivity index is 2.10. The lowest BCUT2D eigenvalue weighted by Crippen LogP contribution is -2.53. The molecule has 136 valence electrons. The van der Waals surface area contributed by atoms with Gasteiger partial charge in [0.1, 0.15) is 24.8 Å². The van der Waals surface area contributed by atoms with Crippen molar-refractivity contribution >= 4 is 18.0 Å². The van der Waals surface area contributed by atoms with Gasteiger partial charge in [-0.2, -0.15) is 0 Å². The maximum atomic E-state index is 12.8. The van der Waals surface area contributed by atoms with Crippen LogP contribution in [0.2, 0.25) is 0 Å². The highest BCUT2D eigenvalue weighted by molar-refractivity contribution is 5.89. The molecule has 2 atom stereocenters. The number of hydrogen-bond donors (Lipinski definition) is 1. The van der Waals surface area contributed by atoms with Crippen molar-refractivity contribution in [3.05, 3.63) is 35.9 Å². The van der Waals surface area contributed by atoms with Gasteiger partial charge >= 0.3 is 12.1 Å². The molecule has 1 heterocycles. The summed E-state index contributed by atoms with van der Waals surface area (Å²) in [6, 6.07) is 8.12. The highest BCUT2D eigenvalue weighted by Gasteiger charge is 2.35. The molecule has 25 heavy (non-hydrogen) atoms. The van der Waals surface area contributed by atoms with Crippen molar-refractivity contribution in [2.24, 2.45) is 0 Å². The molecule has 0 bridgehead atoms. The molecule has 0 spiro atoms. The smallest absolute Gasteiger partial charge is 0.408 e. The Morgan fingerprint density at radius 3 is 2.52 bits per heavy atom. The number of rotatable bonds is 3. The van der Waals surface area contributed by atoms with Gasteiger partial charge < -0.3 is 19.7 Å². The molecule has 0 unspecified atom stereocenters. The van der Waals surface area contributed by atoms with Gasteiger partial charge in [0.05, 0.1) is 6.04 Å². The lowest BCUT2D eigenvalue weighted by Gasteiger charge is -2.36. The minimum Gasteiger partial charge on any atom is -0.462 e. The molecule has 0 radical (unpaired) electrons. The van der Waals surface area contributed by atoms with Crippen LogP contribution >= 0.6 is 0 Å². The summed E-state index contributed by atoms with van der Waals surface area (Å²) in [5, 5.41) is 2.52. The lowest BCUT2D eigenvalue weighted by molar-refractivity contribution is -0.162. The fourth-order valence-corrected chi connectivity index (χ4v) is 2.53. The summed E-state index contributed by atoms with van der Waals surface area (Å²) in [6.07, 6.45) is -0.677. The fraction of sp³-hybridized carbons (Fsp3) is 0.500. The number of morpholine rings is 1. The molecule has 1 aliphatic heterocycles. The molecule has 7 nitrogen and oxygen atoms in total. The predicted molar refractivity (Wildman–Crippen MR) is 90.7 cm³/mol. The molecule has 0 saturated carbocycles. The van der Waals surface area contributed by atoms with Crippen molar-refractivity contribution in [3.8, 4) is 0 Å². The van der Waals surface area contributed by atoms with Crippen molar-refractivity contribution in [2.45, 2.75) is 45.4 Å². The Labute approximate surface area is 147 Å². The van der Waals surface area contributed by atoms with E-state index in [0.717, 1.165) is 5.56 Å². The number of carbonyl (C=O) groups is 3. The molecule has 1 aromatic carbocycles. The van der Waals surface area contributed by atoms with Gasteiger partial charge in [0.2, 0.25) is 5.91 Å². The molecule has 2 rings (SSSR count). The van der Waals surface area contributed by atoms with Gasteiger partial charge in [0.15, 0.2) is 0 Å². The average molecular weight is 348 g/mol. The number of nitrogens with one attached hydrogen (secondary N) is 1. The van der Waals surface area contributed by atoms with E-state index in [-0.39, 0.29) is 25.1 Å². The summed E-state index contributed by atoms with van der Waals surface area (Å²) < 4.78 is 10.3. The van der Waals surface area contributed by atoms with E-state index in [1.807, 2.05) is 30.3 Å². The largest absolute Gasteiger partial charge is 0.462 e. The Bertz CT molecular complexity index is 639. The number of carbonyl (C=O) groups excluding carboxylic acids is 3. The first-order valence-electron chi connectivity index (χ1n) is 8.18. The zero-order valence-electron chi connectivity index (χ0n) is 14.9. The minimum absolute atomic E-state index is 0.0910. The molecule has 1 N–H and O–H groups in total. The zero-order valence-corrected chi connectivity index (χ0v) is 14.9. The first-order valence-corrected chi connectivity index (χ1v) is 8.18. The fourth-order valence-electron chi connectivity index (χ4n) is 2.53. The molecule has 1 fully saturated rings. The molecule has 7 heteroatoms. The molecule has 2 amide bonds. The van der Waals surface area contributed by atoms with Crippen molar-refractivity contribution in [1.82, 2.24) is 10.2 Å². The van der Waals surface area contributed by atoms with Crippen LogP contribution in [0.1, 0.15) is 39.3 Å². The number of nitrogens with zero attached hydrogens (tertiary/aromatic N) is 1. The van der Waals surface area contributed by atoms with Gasteiger partial charge in [-0.15, -0.1) is 0 Å². The first-order chi connectivity index (χ1) is 11.7. The standard InChI is InChI=1S/C18H24N2O5/c1-12(19-17(23)25-18(2,3)4)16(22)20-10-15(21)24-11-14(20)13-8-6-5-7-9-13/h5-9,12,14H,10-11H2,1-4H3,(H,19,23)/t12-,14+/m0/s1. The number of benzene rings is 1. The molecular formula is C18H24N2O5. The van der Waals surface area contributed by atoms with Crippen LogP contribution in [-0.2, 0) is 19.1 Å². The Morgan fingerprint density at radius 2 is 1.92 bits per heavy atom. The molecule has 1 saturated heterocycles. The van der Waals surface area contributed by atoms with E-state index >= 15 is 0 Å². The molecule has 0 aromatic heterocycles. The number of cyclic esters (lactones) is 1. The summed E-state index contributed by atoms with van der Waals surface area (Å²) in [7, 11) is 0. The lowest BCUT2D eigenvalue weighted by atomic mass is 10.0. The second kappa shape index (κ2) is 7.55.